The summed E-state index contributed by atoms with van der Waals surface area (Å²) >= 11 is 0. The van der Waals surface area contributed by atoms with E-state index in [0.29, 0.717) is 45.5 Å². The van der Waals surface area contributed by atoms with E-state index in [1.54, 1.807) is 72.8 Å². The van der Waals surface area contributed by atoms with Gasteiger partial charge in [-0.25, -0.2) is 0 Å². The lowest BCUT2D eigenvalue weighted by Gasteiger charge is -2.41. The SMILES string of the molecule is O=C1c2ccccc2C(c2ccc(Oc3ccc([N+](=O)[O-])cc3C(F)(F)F)cc2)(c2ccc(Oc3ccc([N+](=O)[O-])cc3C(F)(F)F)cc2)c2ccccc21. The van der Waals surface area contributed by atoms with Crippen LogP contribution in [-0.2, 0) is 17.8 Å². The number of nitro benzene ring substituents is 2. The highest BCUT2D eigenvalue weighted by Crippen LogP contribution is 2.52. The van der Waals surface area contributed by atoms with Gasteiger partial charge >= 0.3 is 12.4 Å². The molecule has 0 spiro atoms. The van der Waals surface area contributed by atoms with E-state index in [-0.39, 0.29) is 17.3 Å². The minimum Gasteiger partial charge on any atom is -0.457 e. The Kier molecular flexibility index (Phi) is 8.87. The van der Waals surface area contributed by atoms with Crippen molar-refractivity contribution in [1.82, 2.24) is 0 Å². The van der Waals surface area contributed by atoms with Crippen molar-refractivity contribution in [3.63, 3.8) is 0 Å². The number of hydrogen-bond donors (Lipinski definition) is 0. The van der Waals surface area contributed by atoms with Crippen LogP contribution in [0.1, 0.15) is 49.3 Å². The van der Waals surface area contributed by atoms with E-state index in [0.717, 1.165) is 24.3 Å². The van der Waals surface area contributed by atoms with Crippen molar-refractivity contribution in [2.45, 2.75) is 17.8 Å². The number of carbonyl (C=O) groups excluding carboxylic acids is 1. The quantitative estimate of drug-likeness (QED) is 0.0859. The first-order chi connectivity index (χ1) is 26.1. The lowest BCUT2D eigenvalue weighted by molar-refractivity contribution is -0.385. The summed E-state index contributed by atoms with van der Waals surface area (Å²) in [5.41, 5.74) is -2.72. The molecule has 0 bridgehead atoms. The highest BCUT2D eigenvalue weighted by atomic mass is 19.4. The van der Waals surface area contributed by atoms with E-state index in [1.807, 2.05) is 0 Å². The van der Waals surface area contributed by atoms with Gasteiger partial charge in [-0.15, -0.1) is 0 Å². The highest BCUT2D eigenvalue weighted by Gasteiger charge is 2.46. The Morgan fingerprint density at radius 2 is 0.873 bits per heavy atom. The van der Waals surface area contributed by atoms with E-state index >= 15 is 0 Å². The van der Waals surface area contributed by atoms with Gasteiger partial charge in [0, 0.05) is 35.4 Å². The van der Waals surface area contributed by atoms with E-state index in [2.05, 4.69) is 0 Å². The lowest BCUT2D eigenvalue weighted by atomic mass is 9.59. The summed E-state index contributed by atoms with van der Waals surface area (Å²) in [6.07, 6.45) is -9.95. The Morgan fingerprint density at radius 3 is 1.22 bits per heavy atom. The third kappa shape index (κ3) is 6.49. The van der Waals surface area contributed by atoms with Gasteiger partial charge in [0.2, 0.25) is 0 Å². The number of fused-ring (bicyclic) bond motifs is 2. The van der Waals surface area contributed by atoms with Crippen LogP contribution < -0.4 is 9.47 Å². The fraction of sp³-hybridized carbons (Fsp3) is 0.0750. The number of ether oxygens (including phenoxy) is 2. The van der Waals surface area contributed by atoms with Crippen molar-refractivity contribution in [2.24, 2.45) is 0 Å². The average molecular weight is 757 g/mol. The Labute approximate surface area is 306 Å². The predicted octanol–water partition coefficient (Wildman–Crippen LogP) is 11.1. The van der Waals surface area contributed by atoms with E-state index in [9.17, 15) is 51.4 Å². The lowest BCUT2D eigenvalue weighted by Crippen LogP contribution is -2.38. The molecule has 0 radical (unpaired) electrons. The molecule has 0 saturated carbocycles. The standard InChI is InChI=1S/C40H22F6N2O7/c41-39(42,43)33-21-25(47(50)51)13-19-35(33)54-27-15-9-23(10-16-27)38(31-7-3-1-5-29(31)37(49)30-6-2-4-8-32(30)38)24-11-17-28(18-12-24)55-36-20-14-26(48(52)53)22-34(36)40(44,45)46/h1-22H. The second kappa shape index (κ2) is 13.4. The highest BCUT2D eigenvalue weighted by molar-refractivity contribution is 6.14. The summed E-state index contributed by atoms with van der Waals surface area (Å²) in [6, 6.07) is 29.9. The van der Waals surface area contributed by atoms with Crippen LogP contribution in [0.5, 0.6) is 23.0 Å². The van der Waals surface area contributed by atoms with Gasteiger partial charge in [-0.2, -0.15) is 26.3 Å². The first-order valence-corrected chi connectivity index (χ1v) is 16.1. The zero-order chi connectivity index (χ0) is 39.3. The third-order valence-corrected chi connectivity index (χ3v) is 9.14. The summed E-state index contributed by atoms with van der Waals surface area (Å²) in [6.45, 7) is 0. The molecule has 6 aromatic rings. The van der Waals surface area contributed by atoms with Gasteiger partial charge in [-0.1, -0.05) is 72.8 Å². The van der Waals surface area contributed by atoms with Gasteiger partial charge in [0.1, 0.15) is 34.1 Å². The summed E-state index contributed by atoms with van der Waals surface area (Å²) in [5, 5.41) is 22.3. The molecule has 0 fully saturated rings. The molecule has 15 heteroatoms. The number of halogens is 6. The molecular formula is C40H22F6N2O7. The maximum absolute atomic E-state index is 13.9. The Morgan fingerprint density at radius 1 is 0.509 bits per heavy atom. The molecule has 6 aromatic carbocycles. The maximum atomic E-state index is 13.9. The van der Waals surface area contributed by atoms with Gasteiger partial charge in [-0.05, 0) is 58.7 Å². The number of ketones is 1. The zero-order valence-corrected chi connectivity index (χ0v) is 27.7. The third-order valence-electron chi connectivity index (χ3n) is 9.14. The van der Waals surface area contributed by atoms with E-state index in [1.165, 1.54) is 24.3 Å². The van der Waals surface area contributed by atoms with Crippen LogP contribution in [0.3, 0.4) is 0 Å². The number of nitrogens with zero attached hydrogens (tertiary/aromatic N) is 2. The summed E-state index contributed by atoms with van der Waals surface area (Å²) in [5.74, 6) is -1.69. The summed E-state index contributed by atoms with van der Waals surface area (Å²) in [4.78, 5) is 34.3. The Balaban J connectivity index is 1.35. The summed E-state index contributed by atoms with van der Waals surface area (Å²) in [7, 11) is 0. The van der Waals surface area contributed by atoms with Crippen LogP contribution in [0.2, 0.25) is 0 Å². The van der Waals surface area contributed by atoms with Crippen molar-refractivity contribution in [3.8, 4) is 23.0 Å². The molecule has 0 saturated heterocycles. The van der Waals surface area contributed by atoms with Crippen LogP contribution >= 0.6 is 0 Å². The molecule has 0 N–H and O–H groups in total. The number of carbonyl (C=O) groups is 1. The molecule has 1 aliphatic carbocycles. The minimum absolute atomic E-state index is 0.0426. The molecule has 0 amide bonds. The number of non-ortho nitro benzene ring substituents is 2. The van der Waals surface area contributed by atoms with Crippen LogP contribution in [0.15, 0.2) is 133 Å². The monoisotopic (exact) mass is 756 g/mol. The van der Waals surface area contributed by atoms with Crippen molar-refractivity contribution in [3.05, 3.63) is 198 Å². The smallest absolute Gasteiger partial charge is 0.420 e. The second-order valence-corrected chi connectivity index (χ2v) is 12.3. The normalized spacial score (nSPS) is 13.4. The molecule has 0 aromatic heterocycles. The van der Waals surface area contributed by atoms with Crippen molar-refractivity contribution >= 4 is 17.2 Å². The molecule has 1 aliphatic rings. The van der Waals surface area contributed by atoms with Crippen LogP contribution in [0.4, 0.5) is 37.7 Å². The second-order valence-electron chi connectivity index (χ2n) is 12.3. The first kappa shape index (κ1) is 36.3. The fourth-order valence-electron chi connectivity index (χ4n) is 6.78. The average Bonchev–Trinajstić information content (AvgIpc) is 3.15. The molecule has 0 atom stereocenters. The van der Waals surface area contributed by atoms with Crippen LogP contribution in [-0.4, -0.2) is 15.6 Å². The summed E-state index contributed by atoms with van der Waals surface area (Å²) < 4.78 is 94.6. The van der Waals surface area contributed by atoms with Crippen LogP contribution in [0, 0.1) is 20.2 Å². The fourth-order valence-corrected chi connectivity index (χ4v) is 6.78. The Bertz CT molecular complexity index is 2330. The molecule has 7 rings (SSSR count). The number of rotatable bonds is 8. The van der Waals surface area contributed by atoms with Gasteiger partial charge in [0.05, 0.1) is 15.3 Å². The Hall–Kier alpha value is -7.03. The molecule has 0 unspecified atom stereocenters. The minimum atomic E-state index is -4.98. The number of nitro groups is 2. The molecule has 9 nitrogen and oxygen atoms in total. The molecule has 0 heterocycles. The topological polar surface area (TPSA) is 122 Å². The van der Waals surface area contributed by atoms with Crippen molar-refractivity contribution < 1.29 is 50.5 Å². The predicted molar refractivity (Wildman–Crippen MR) is 185 cm³/mol. The number of hydrogen-bond acceptors (Lipinski definition) is 7. The van der Waals surface area contributed by atoms with Gasteiger partial charge in [0.25, 0.3) is 11.4 Å². The molecule has 0 aliphatic heterocycles. The number of alkyl halides is 6. The zero-order valence-electron chi connectivity index (χ0n) is 27.7. The van der Waals surface area contributed by atoms with Gasteiger partial charge in [-0.3, -0.25) is 25.0 Å². The maximum Gasteiger partial charge on any atom is 0.420 e. The molecule has 276 valence electrons. The first-order valence-electron chi connectivity index (χ1n) is 16.1. The molecule has 55 heavy (non-hydrogen) atoms. The van der Waals surface area contributed by atoms with Crippen molar-refractivity contribution in [1.29, 1.82) is 0 Å². The van der Waals surface area contributed by atoms with E-state index < -0.39 is 61.6 Å². The van der Waals surface area contributed by atoms with E-state index in [4.69, 9.17) is 9.47 Å². The van der Waals surface area contributed by atoms with Gasteiger partial charge in [0.15, 0.2) is 5.78 Å². The van der Waals surface area contributed by atoms with Crippen LogP contribution in [0.25, 0.3) is 0 Å². The molecular weight excluding hydrogens is 734 g/mol. The number of benzene rings is 6. The van der Waals surface area contributed by atoms with Crippen molar-refractivity contribution in [2.75, 3.05) is 0 Å². The van der Waals surface area contributed by atoms with Gasteiger partial charge < -0.3 is 9.47 Å². The largest absolute Gasteiger partial charge is 0.457 e.